The molecule has 2 rings (SSSR count). The van der Waals surface area contributed by atoms with Gasteiger partial charge in [-0.25, -0.2) is 9.82 Å². The van der Waals surface area contributed by atoms with Gasteiger partial charge in [0.25, 0.3) is 0 Å². The number of benzene rings is 1. The van der Waals surface area contributed by atoms with E-state index in [0.29, 0.717) is 16.3 Å². The first-order valence-electron chi connectivity index (χ1n) is 6.09. The van der Waals surface area contributed by atoms with E-state index in [9.17, 15) is 4.39 Å². The van der Waals surface area contributed by atoms with E-state index in [2.05, 4.69) is 10.4 Å². The van der Waals surface area contributed by atoms with Crippen molar-refractivity contribution in [1.82, 2.24) is 10.4 Å². The summed E-state index contributed by atoms with van der Waals surface area (Å²) in [5, 5.41) is 0.571. The van der Waals surface area contributed by atoms with Crippen molar-refractivity contribution in [2.45, 2.75) is 19.1 Å². The molecule has 1 aromatic heterocycles. The molecule has 0 amide bonds. The van der Waals surface area contributed by atoms with Crippen LogP contribution in [-0.2, 0) is 0 Å². The SMILES string of the molecule is CC(Oc1cccc(Cl)c1)C(NN)c1ccncc1F. The molecule has 0 aliphatic rings. The van der Waals surface area contributed by atoms with E-state index in [1.807, 2.05) is 0 Å². The van der Waals surface area contributed by atoms with E-state index in [0.717, 1.165) is 6.20 Å². The zero-order valence-corrected chi connectivity index (χ0v) is 11.6. The Kier molecular flexibility index (Phi) is 4.89. The molecule has 0 radical (unpaired) electrons. The Hall–Kier alpha value is -1.69. The Morgan fingerprint density at radius 3 is 2.85 bits per heavy atom. The van der Waals surface area contributed by atoms with Crippen molar-refractivity contribution >= 4 is 11.6 Å². The maximum atomic E-state index is 13.8. The second-order valence-electron chi connectivity index (χ2n) is 4.32. The van der Waals surface area contributed by atoms with Crippen LogP contribution in [0.25, 0.3) is 0 Å². The third-order valence-electron chi connectivity index (χ3n) is 2.91. The van der Waals surface area contributed by atoms with Gasteiger partial charge in [0.15, 0.2) is 0 Å². The van der Waals surface area contributed by atoms with E-state index in [1.54, 1.807) is 37.3 Å². The van der Waals surface area contributed by atoms with Gasteiger partial charge in [-0.3, -0.25) is 10.8 Å². The lowest BCUT2D eigenvalue weighted by Gasteiger charge is -2.25. The average Bonchev–Trinajstić information content (AvgIpc) is 2.41. The molecule has 1 heterocycles. The van der Waals surface area contributed by atoms with Gasteiger partial charge in [0.05, 0.1) is 12.2 Å². The predicted octanol–water partition coefficient (Wildman–Crippen LogP) is 2.85. The zero-order valence-electron chi connectivity index (χ0n) is 10.9. The lowest BCUT2D eigenvalue weighted by atomic mass is 10.0. The smallest absolute Gasteiger partial charge is 0.146 e. The molecular weight excluding hydrogens is 281 g/mol. The van der Waals surface area contributed by atoms with Gasteiger partial charge in [-0.15, -0.1) is 0 Å². The van der Waals surface area contributed by atoms with Gasteiger partial charge < -0.3 is 4.74 Å². The number of nitrogens with zero attached hydrogens (tertiary/aromatic N) is 1. The van der Waals surface area contributed by atoms with Crippen molar-refractivity contribution in [3.63, 3.8) is 0 Å². The van der Waals surface area contributed by atoms with E-state index < -0.39 is 18.0 Å². The van der Waals surface area contributed by atoms with Crippen LogP contribution >= 0.6 is 11.6 Å². The van der Waals surface area contributed by atoms with Crippen LogP contribution in [0.2, 0.25) is 5.02 Å². The molecule has 6 heteroatoms. The number of hydrogen-bond donors (Lipinski definition) is 2. The molecule has 0 aliphatic carbocycles. The molecule has 0 fully saturated rings. The summed E-state index contributed by atoms with van der Waals surface area (Å²) in [4.78, 5) is 3.71. The van der Waals surface area contributed by atoms with Gasteiger partial charge in [0, 0.05) is 16.8 Å². The second kappa shape index (κ2) is 6.65. The van der Waals surface area contributed by atoms with Gasteiger partial charge in [-0.2, -0.15) is 0 Å². The summed E-state index contributed by atoms with van der Waals surface area (Å²) >= 11 is 5.90. The molecule has 1 aromatic carbocycles. The molecule has 3 N–H and O–H groups in total. The second-order valence-corrected chi connectivity index (χ2v) is 4.76. The topological polar surface area (TPSA) is 60.2 Å². The quantitative estimate of drug-likeness (QED) is 0.658. The van der Waals surface area contributed by atoms with Crippen molar-refractivity contribution in [2.75, 3.05) is 0 Å². The van der Waals surface area contributed by atoms with Crippen LogP contribution in [0.15, 0.2) is 42.7 Å². The summed E-state index contributed by atoms with van der Waals surface area (Å²) in [5.41, 5.74) is 2.97. The Balaban J connectivity index is 2.18. The highest BCUT2D eigenvalue weighted by Crippen LogP contribution is 2.24. The molecule has 4 nitrogen and oxygen atoms in total. The van der Waals surface area contributed by atoms with Gasteiger partial charge in [-0.05, 0) is 31.2 Å². The average molecular weight is 296 g/mol. The fourth-order valence-electron chi connectivity index (χ4n) is 1.94. The van der Waals surface area contributed by atoms with Crippen LogP contribution in [0.1, 0.15) is 18.5 Å². The summed E-state index contributed by atoms with van der Waals surface area (Å²) < 4.78 is 19.5. The third-order valence-corrected chi connectivity index (χ3v) is 3.14. The number of hydrogen-bond acceptors (Lipinski definition) is 4. The molecule has 0 aliphatic heterocycles. The van der Waals surface area contributed by atoms with E-state index in [1.165, 1.54) is 6.20 Å². The lowest BCUT2D eigenvalue weighted by Crippen LogP contribution is -2.38. The van der Waals surface area contributed by atoms with Gasteiger partial charge >= 0.3 is 0 Å². The first kappa shape index (κ1) is 14.7. The van der Waals surface area contributed by atoms with Crippen molar-refractivity contribution < 1.29 is 9.13 Å². The number of ether oxygens (including phenoxy) is 1. The van der Waals surface area contributed by atoms with Crippen LogP contribution in [0.5, 0.6) is 5.75 Å². The largest absolute Gasteiger partial charge is 0.489 e. The minimum absolute atomic E-state index is 0.393. The monoisotopic (exact) mass is 295 g/mol. The number of nitrogens with one attached hydrogen (secondary N) is 1. The molecule has 0 saturated heterocycles. The van der Waals surface area contributed by atoms with Crippen molar-refractivity contribution in [3.8, 4) is 5.75 Å². The summed E-state index contributed by atoms with van der Waals surface area (Å²) in [6, 6.07) is 8.06. The molecule has 20 heavy (non-hydrogen) atoms. The molecular formula is C14H15ClFN3O. The number of halogens is 2. The molecule has 2 unspecified atom stereocenters. The van der Waals surface area contributed by atoms with Gasteiger partial charge in [0.2, 0.25) is 0 Å². The highest BCUT2D eigenvalue weighted by Gasteiger charge is 2.22. The van der Waals surface area contributed by atoms with E-state index in [4.69, 9.17) is 22.2 Å². The molecule has 0 saturated carbocycles. The Morgan fingerprint density at radius 1 is 1.40 bits per heavy atom. The summed E-state index contributed by atoms with van der Waals surface area (Å²) in [5.74, 6) is 5.68. The molecule has 0 bridgehead atoms. The van der Waals surface area contributed by atoms with Crippen LogP contribution in [-0.4, -0.2) is 11.1 Å². The molecule has 106 valence electrons. The standard InChI is InChI=1S/C14H15ClFN3O/c1-9(20-11-4-2-3-10(15)7-11)14(19-17)12-5-6-18-8-13(12)16/h2-9,14,19H,17H2,1H3. The lowest BCUT2D eigenvalue weighted by molar-refractivity contribution is 0.169. The minimum atomic E-state index is -0.503. The van der Waals surface area contributed by atoms with Crippen LogP contribution in [0, 0.1) is 5.82 Å². The number of hydrazine groups is 1. The Labute approximate surface area is 121 Å². The first-order valence-corrected chi connectivity index (χ1v) is 6.47. The molecule has 0 spiro atoms. The van der Waals surface area contributed by atoms with Crippen molar-refractivity contribution in [3.05, 3.63) is 59.1 Å². The maximum absolute atomic E-state index is 13.8. The Bertz CT molecular complexity index is 582. The highest BCUT2D eigenvalue weighted by molar-refractivity contribution is 6.30. The fourth-order valence-corrected chi connectivity index (χ4v) is 2.12. The molecule has 2 aromatic rings. The number of nitrogens with two attached hydrogens (primary N) is 1. The predicted molar refractivity (Wildman–Crippen MR) is 75.8 cm³/mol. The van der Waals surface area contributed by atoms with Crippen LogP contribution < -0.4 is 16.0 Å². The van der Waals surface area contributed by atoms with Gasteiger partial charge in [-0.1, -0.05) is 17.7 Å². The Morgan fingerprint density at radius 2 is 2.20 bits per heavy atom. The van der Waals surface area contributed by atoms with E-state index >= 15 is 0 Å². The number of pyridine rings is 1. The zero-order chi connectivity index (χ0) is 14.5. The van der Waals surface area contributed by atoms with Crippen LogP contribution in [0.3, 0.4) is 0 Å². The van der Waals surface area contributed by atoms with Gasteiger partial charge in [0.1, 0.15) is 17.7 Å². The number of aromatic nitrogens is 1. The van der Waals surface area contributed by atoms with Crippen molar-refractivity contribution in [1.29, 1.82) is 0 Å². The van der Waals surface area contributed by atoms with Crippen molar-refractivity contribution in [2.24, 2.45) is 5.84 Å². The summed E-state index contributed by atoms with van der Waals surface area (Å²) in [6.45, 7) is 1.80. The third kappa shape index (κ3) is 3.45. The number of rotatable bonds is 5. The highest BCUT2D eigenvalue weighted by atomic mass is 35.5. The summed E-state index contributed by atoms with van der Waals surface area (Å²) in [7, 11) is 0. The fraction of sp³-hybridized carbons (Fsp3) is 0.214. The normalized spacial score (nSPS) is 13.8. The first-order chi connectivity index (χ1) is 9.61. The summed E-state index contributed by atoms with van der Waals surface area (Å²) in [6.07, 6.45) is 2.26. The van der Waals surface area contributed by atoms with E-state index in [-0.39, 0.29) is 0 Å². The maximum Gasteiger partial charge on any atom is 0.146 e. The van der Waals surface area contributed by atoms with Crippen LogP contribution in [0.4, 0.5) is 4.39 Å². The minimum Gasteiger partial charge on any atom is -0.489 e. The molecule has 2 atom stereocenters.